The molecule has 39 heavy (non-hydrogen) atoms. The van der Waals surface area contributed by atoms with Gasteiger partial charge in [0.1, 0.15) is 17.2 Å². The average molecular weight is 535 g/mol. The van der Waals surface area contributed by atoms with Crippen molar-refractivity contribution in [2.45, 2.75) is 32.4 Å². The van der Waals surface area contributed by atoms with E-state index in [1.165, 1.54) is 14.2 Å². The van der Waals surface area contributed by atoms with E-state index in [1.54, 1.807) is 49.5 Å². The summed E-state index contributed by atoms with van der Waals surface area (Å²) in [4.78, 5) is 28.1. The molecule has 0 radical (unpaired) electrons. The maximum absolute atomic E-state index is 13.3. The number of methoxy groups -OCH3 is 4. The molecule has 0 bridgehead atoms. The van der Waals surface area contributed by atoms with Crippen LogP contribution in [0.5, 0.6) is 28.7 Å². The molecule has 1 aliphatic rings. The molecule has 1 heterocycles. The lowest BCUT2D eigenvalue weighted by Gasteiger charge is -2.23. The van der Waals surface area contributed by atoms with Crippen molar-refractivity contribution < 1.29 is 33.3 Å². The first kappa shape index (κ1) is 27.6. The van der Waals surface area contributed by atoms with E-state index in [2.05, 4.69) is 5.32 Å². The summed E-state index contributed by atoms with van der Waals surface area (Å²) in [6, 6.07) is 16.1. The molecule has 1 atom stereocenters. The summed E-state index contributed by atoms with van der Waals surface area (Å²) in [5.41, 5.74) is 2.82. The molecule has 0 saturated carbocycles. The van der Waals surface area contributed by atoms with Gasteiger partial charge in [0, 0.05) is 36.0 Å². The number of anilines is 1. The molecule has 206 valence electrons. The SMILES string of the molecule is CCC1Oc2ccc(NC(=O)c3cc(OC)cc(OC)c3)cc2CN(CCc2ccc(OC)c(OC)c2)C1=O. The average Bonchev–Trinajstić information content (AvgIpc) is 3.10. The van der Waals surface area contributed by atoms with Crippen LogP contribution >= 0.6 is 0 Å². The van der Waals surface area contributed by atoms with Gasteiger partial charge in [0.15, 0.2) is 17.6 Å². The number of benzene rings is 3. The molecule has 9 nitrogen and oxygen atoms in total. The fourth-order valence-corrected chi connectivity index (χ4v) is 4.48. The van der Waals surface area contributed by atoms with E-state index in [-0.39, 0.29) is 11.8 Å². The second-order valence-corrected chi connectivity index (χ2v) is 9.09. The second kappa shape index (κ2) is 12.4. The number of carbonyl (C=O) groups excluding carboxylic acids is 2. The highest BCUT2D eigenvalue weighted by atomic mass is 16.5. The standard InChI is InChI=1S/C30H34N2O7/c1-6-25-30(34)32(12-11-19-7-9-27(37-4)28(13-19)38-5)18-21-14-22(8-10-26(21)39-25)31-29(33)20-15-23(35-2)17-24(16-20)36-3/h7-10,13-17,25H,6,11-12,18H2,1-5H3,(H,31,33). The smallest absolute Gasteiger partial charge is 0.263 e. The molecule has 2 amide bonds. The van der Waals surface area contributed by atoms with Crippen molar-refractivity contribution in [1.82, 2.24) is 4.90 Å². The van der Waals surface area contributed by atoms with Crippen molar-refractivity contribution in [1.29, 1.82) is 0 Å². The molecular formula is C30H34N2O7. The Morgan fingerprint density at radius 3 is 2.28 bits per heavy atom. The Balaban J connectivity index is 1.54. The van der Waals surface area contributed by atoms with Gasteiger partial charge in [0.2, 0.25) is 0 Å². The van der Waals surface area contributed by atoms with Crippen LogP contribution in [0.3, 0.4) is 0 Å². The Hall–Kier alpha value is -4.40. The summed E-state index contributed by atoms with van der Waals surface area (Å²) in [6.45, 7) is 2.78. The third kappa shape index (κ3) is 6.37. The normalized spacial score (nSPS) is 14.5. The number of rotatable bonds is 10. The Labute approximate surface area is 228 Å². The van der Waals surface area contributed by atoms with Crippen LogP contribution in [0, 0.1) is 0 Å². The van der Waals surface area contributed by atoms with Crippen molar-refractivity contribution in [3.8, 4) is 28.7 Å². The van der Waals surface area contributed by atoms with Crippen molar-refractivity contribution in [2.75, 3.05) is 40.3 Å². The molecular weight excluding hydrogens is 500 g/mol. The van der Waals surface area contributed by atoms with E-state index in [0.29, 0.717) is 65.9 Å². The number of hydrogen-bond acceptors (Lipinski definition) is 7. The number of hydrogen-bond donors (Lipinski definition) is 1. The quantitative estimate of drug-likeness (QED) is 0.402. The highest BCUT2D eigenvalue weighted by molar-refractivity contribution is 6.05. The van der Waals surface area contributed by atoms with E-state index in [1.807, 2.05) is 31.2 Å². The molecule has 0 aliphatic carbocycles. The van der Waals surface area contributed by atoms with E-state index >= 15 is 0 Å². The monoisotopic (exact) mass is 534 g/mol. The zero-order valence-corrected chi connectivity index (χ0v) is 22.9. The first-order chi connectivity index (χ1) is 18.9. The van der Waals surface area contributed by atoms with Crippen molar-refractivity contribution in [3.63, 3.8) is 0 Å². The van der Waals surface area contributed by atoms with E-state index < -0.39 is 6.10 Å². The van der Waals surface area contributed by atoms with Crippen molar-refractivity contribution >= 4 is 17.5 Å². The number of nitrogens with zero attached hydrogens (tertiary/aromatic N) is 1. The first-order valence-corrected chi connectivity index (χ1v) is 12.7. The maximum Gasteiger partial charge on any atom is 0.263 e. The van der Waals surface area contributed by atoms with Crippen LogP contribution in [0.25, 0.3) is 0 Å². The number of nitrogens with one attached hydrogen (secondary N) is 1. The summed E-state index contributed by atoms with van der Waals surface area (Å²) >= 11 is 0. The number of ether oxygens (including phenoxy) is 5. The summed E-state index contributed by atoms with van der Waals surface area (Å²) in [5.74, 6) is 2.59. The third-order valence-electron chi connectivity index (χ3n) is 6.64. The van der Waals surface area contributed by atoms with E-state index in [9.17, 15) is 9.59 Å². The molecule has 1 N–H and O–H groups in total. The lowest BCUT2D eigenvalue weighted by atomic mass is 10.1. The van der Waals surface area contributed by atoms with Gasteiger partial charge in [-0.25, -0.2) is 0 Å². The molecule has 4 rings (SSSR count). The van der Waals surface area contributed by atoms with Gasteiger partial charge in [-0.15, -0.1) is 0 Å². The van der Waals surface area contributed by atoms with E-state index in [0.717, 1.165) is 11.1 Å². The van der Waals surface area contributed by atoms with Crippen LogP contribution in [-0.4, -0.2) is 57.8 Å². The minimum atomic E-state index is -0.582. The number of fused-ring (bicyclic) bond motifs is 1. The molecule has 0 fully saturated rings. The molecule has 0 spiro atoms. The minimum absolute atomic E-state index is 0.0664. The topological polar surface area (TPSA) is 95.6 Å². The molecule has 0 saturated heterocycles. The predicted molar refractivity (Wildman–Crippen MR) is 147 cm³/mol. The highest BCUT2D eigenvalue weighted by Crippen LogP contribution is 2.31. The lowest BCUT2D eigenvalue weighted by molar-refractivity contribution is -0.138. The molecule has 9 heteroatoms. The number of carbonyl (C=O) groups is 2. The van der Waals surface area contributed by atoms with Crippen LogP contribution in [-0.2, 0) is 17.8 Å². The van der Waals surface area contributed by atoms with E-state index in [4.69, 9.17) is 23.7 Å². The van der Waals surface area contributed by atoms with Gasteiger partial charge in [0.05, 0.1) is 28.4 Å². The van der Waals surface area contributed by atoms with Gasteiger partial charge >= 0.3 is 0 Å². The summed E-state index contributed by atoms with van der Waals surface area (Å²) in [7, 11) is 6.26. The van der Waals surface area contributed by atoms with Gasteiger partial charge in [0.25, 0.3) is 11.8 Å². The van der Waals surface area contributed by atoms with Crippen molar-refractivity contribution in [2.24, 2.45) is 0 Å². The van der Waals surface area contributed by atoms with Crippen molar-refractivity contribution in [3.05, 3.63) is 71.3 Å². The molecule has 1 aliphatic heterocycles. The zero-order valence-electron chi connectivity index (χ0n) is 22.9. The third-order valence-corrected chi connectivity index (χ3v) is 6.64. The summed E-state index contributed by atoms with van der Waals surface area (Å²) in [6.07, 6.45) is 0.592. The fraction of sp³-hybridized carbons (Fsp3) is 0.333. The van der Waals surface area contributed by atoms with Gasteiger partial charge in [-0.1, -0.05) is 13.0 Å². The summed E-state index contributed by atoms with van der Waals surface area (Å²) in [5, 5.41) is 2.93. The van der Waals surface area contributed by atoms with Crippen LogP contribution in [0.4, 0.5) is 5.69 Å². The molecule has 1 unspecified atom stereocenters. The highest BCUT2D eigenvalue weighted by Gasteiger charge is 2.30. The van der Waals surface area contributed by atoms with Crippen LogP contribution in [0.15, 0.2) is 54.6 Å². The summed E-state index contributed by atoms with van der Waals surface area (Å²) < 4.78 is 27.4. The molecule has 0 aromatic heterocycles. The Morgan fingerprint density at radius 2 is 1.64 bits per heavy atom. The second-order valence-electron chi connectivity index (χ2n) is 9.09. The predicted octanol–water partition coefficient (Wildman–Crippen LogP) is 4.72. The van der Waals surface area contributed by atoms with Crippen LogP contribution in [0.1, 0.15) is 34.8 Å². The van der Waals surface area contributed by atoms with Crippen LogP contribution < -0.4 is 29.0 Å². The van der Waals surface area contributed by atoms with Gasteiger partial charge < -0.3 is 33.9 Å². The van der Waals surface area contributed by atoms with Gasteiger partial charge in [-0.3, -0.25) is 9.59 Å². The molecule has 3 aromatic rings. The number of amides is 2. The van der Waals surface area contributed by atoms with Crippen LogP contribution in [0.2, 0.25) is 0 Å². The lowest BCUT2D eigenvalue weighted by Crippen LogP contribution is -2.40. The zero-order chi connectivity index (χ0) is 27.9. The fourth-order valence-electron chi connectivity index (χ4n) is 4.48. The molecule has 3 aromatic carbocycles. The maximum atomic E-state index is 13.3. The largest absolute Gasteiger partial charge is 0.497 e. The Morgan fingerprint density at radius 1 is 0.923 bits per heavy atom. The van der Waals surface area contributed by atoms with Gasteiger partial charge in [-0.2, -0.15) is 0 Å². The first-order valence-electron chi connectivity index (χ1n) is 12.7. The Bertz CT molecular complexity index is 1320. The van der Waals surface area contributed by atoms with Gasteiger partial charge in [-0.05, 0) is 60.9 Å². The minimum Gasteiger partial charge on any atom is -0.497 e. The Kier molecular flexibility index (Phi) is 8.81.